The summed E-state index contributed by atoms with van der Waals surface area (Å²) in [5.74, 6) is -0.542. The first-order valence-corrected chi connectivity index (χ1v) is 7.55. The van der Waals surface area contributed by atoms with Crippen LogP contribution in [-0.4, -0.2) is 30.5 Å². The van der Waals surface area contributed by atoms with Gasteiger partial charge in [-0.15, -0.1) is 0 Å². The van der Waals surface area contributed by atoms with E-state index in [0.717, 1.165) is 12.1 Å². The van der Waals surface area contributed by atoms with E-state index in [2.05, 4.69) is 5.32 Å². The largest absolute Gasteiger partial charge is 0.476 e. The monoisotopic (exact) mass is 344 g/mol. The SMILES string of the molecule is CCC(=O)NCCN1C(=O)C(C)(C)Oc2cc(C(F)(F)F)ccc21. The minimum Gasteiger partial charge on any atom is -0.476 e. The number of nitrogens with one attached hydrogen (secondary N) is 1. The van der Waals surface area contributed by atoms with Gasteiger partial charge in [0.25, 0.3) is 5.91 Å². The fourth-order valence-electron chi connectivity index (χ4n) is 2.40. The number of ether oxygens (including phenoxy) is 1. The van der Waals surface area contributed by atoms with E-state index in [9.17, 15) is 22.8 Å². The lowest BCUT2D eigenvalue weighted by Crippen LogP contribution is -2.54. The van der Waals surface area contributed by atoms with Gasteiger partial charge in [-0.1, -0.05) is 6.92 Å². The summed E-state index contributed by atoms with van der Waals surface area (Å²) in [5, 5.41) is 2.64. The van der Waals surface area contributed by atoms with Crippen molar-refractivity contribution in [2.24, 2.45) is 0 Å². The molecule has 0 atom stereocenters. The molecule has 5 nitrogen and oxygen atoms in total. The summed E-state index contributed by atoms with van der Waals surface area (Å²) in [4.78, 5) is 25.1. The van der Waals surface area contributed by atoms with Crippen molar-refractivity contribution >= 4 is 17.5 Å². The van der Waals surface area contributed by atoms with Crippen LogP contribution in [0.2, 0.25) is 0 Å². The van der Waals surface area contributed by atoms with Gasteiger partial charge in [0, 0.05) is 19.5 Å². The first-order chi connectivity index (χ1) is 11.1. The molecule has 1 aromatic carbocycles. The van der Waals surface area contributed by atoms with Crippen LogP contribution in [0.1, 0.15) is 32.8 Å². The first-order valence-electron chi connectivity index (χ1n) is 7.55. The van der Waals surface area contributed by atoms with Gasteiger partial charge in [0.15, 0.2) is 5.60 Å². The van der Waals surface area contributed by atoms with Gasteiger partial charge in [-0.2, -0.15) is 13.2 Å². The van der Waals surface area contributed by atoms with Crippen LogP contribution in [0.3, 0.4) is 0 Å². The van der Waals surface area contributed by atoms with Crippen molar-refractivity contribution in [2.75, 3.05) is 18.0 Å². The summed E-state index contributed by atoms with van der Waals surface area (Å²) >= 11 is 0. The van der Waals surface area contributed by atoms with Crippen molar-refractivity contribution < 1.29 is 27.5 Å². The van der Waals surface area contributed by atoms with Gasteiger partial charge in [0.1, 0.15) is 5.75 Å². The van der Waals surface area contributed by atoms with E-state index >= 15 is 0 Å². The van der Waals surface area contributed by atoms with Crippen LogP contribution in [0.4, 0.5) is 18.9 Å². The van der Waals surface area contributed by atoms with Crippen molar-refractivity contribution in [1.82, 2.24) is 5.32 Å². The molecule has 2 amide bonds. The molecule has 24 heavy (non-hydrogen) atoms. The molecule has 1 aliphatic heterocycles. The number of alkyl halides is 3. The molecule has 1 N–H and O–H groups in total. The maximum Gasteiger partial charge on any atom is 0.416 e. The van der Waals surface area contributed by atoms with E-state index in [0.29, 0.717) is 6.42 Å². The maximum atomic E-state index is 12.9. The Kier molecular flexibility index (Phi) is 4.77. The number of anilines is 1. The van der Waals surface area contributed by atoms with Gasteiger partial charge < -0.3 is 15.0 Å². The van der Waals surface area contributed by atoms with E-state index in [4.69, 9.17) is 4.74 Å². The summed E-state index contributed by atoms with van der Waals surface area (Å²) in [7, 11) is 0. The number of nitrogens with zero attached hydrogens (tertiary/aromatic N) is 1. The minimum absolute atomic E-state index is 0.00348. The van der Waals surface area contributed by atoms with E-state index in [-0.39, 0.29) is 36.3 Å². The highest BCUT2D eigenvalue weighted by Crippen LogP contribution is 2.41. The normalized spacial score (nSPS) is 16.4. The highest BCUT2D eigenvalue weighted by Gasteiger charge is 2.42. The number of hydrogen-bond donors (Lipinski definition) is 1. The van der Waals surface area contributed by atoms with Crippen molar-refractivity contribution in [1.29, 1.82) is 0 Å². The molecule has 1 aliphatic rings. The summed E-state index contributed by atoms with van der Waals surface area (Å²) in [6, 6.07) is 3.01. The molecule has 1 heterocycles. The lowest BCUT2D eigenvalue weighted by Gasteiger charge is -2.39. The second-order valence-electron chi connectivity index (χ2n) is 5.95. The summed E-state index contributed by atoms with van der Waals surface area (Å²) in [5.41, 5.74) is -1.87. The molecule has 1 aromatic rings. The van der Waals surface area contributed by atoms with E-state index in [1.165, 1.54) is 24.8 Å². The van der Waals surface area contributed by atoms with Gasteiger partial charge >= 0.3 is 6.18 Å². The Morgan fingerprint density at radius 2 is 2.00 bits per heavy atom. The Hall–Kier alpha value is -2.25. The number of amides is 2. The van der Waals surface area contributed by atoms with Gasteiger partial charge in [0.2, 0.25) is 5.91 Å². The van der Waals surface area contributed by atoms with E-state index in [1.54, 1.807) is 6.92 Å². The van der Waals surface area contributed by atoms with E-state index in [1.807, 2.05) is 0 Å². The van der Waals surface area contributed by atoms with Crippen LogP contribution in [0, 0.1) is 0 Å². The van der Waals surface area contributed by atoms with Gasteiger partial charge in [-0.25, -0.2) is 0 Å². The van der Waals surface area contributed by atoms with Gasteiger partial charge in [-0.05, 0) is 32.0 Å². The fraction of sp³-hybridized carbons (Fsp3) is 0.500. The molecule has 0 saturated heterocycles. The van der Waals surface area contributed by atoms with Crippen molar-refractivity contribution in [3.8, 4) is 5.75 Å². The zero-order valence-corrected chi connectivity index (χ0v) is 13.7. The van der Waals surface area contributed by atoms with Crippen molar-refractivity contribution in [3.05, 3.63) is 23.8 Å². The quantitative estimate of drug-likeness (QED) is 0.914. The fourth-order valence-corrected chi connectivity index (χ4v) is 2.40. The highest BCUT2D eigenvalue weighted by atomic mass is 19.4. The number of hydrogen-bond acceptors (Lipinski definition) is 3. The lowest BCUT2D eigenvalue weighted by atomic mass is 10.0. The van der Waals surface area contributed by atoms with Gasteiger partial charge in [0.05, 0.1) is 11.3 Å². The molecule has 0 radical (unpaired) electrons. The number of rotatable bonds is 4. The molecule has 0 fully saturated rings. The molecule has 0 aromatic heterocycles. The molecule has 8 heteroatoms. The predicted octanol–water partition coefficient (Wildman–Crippen LogP) is 2.74. The Labute approximate surface area is 137 Å². The third kappa shape index (κ3) is 3.63. The summed E-state index contributed by atoms with van der Waals surface area (Å²) in [6.45, 7) is 5.04. The molecule has 0 saturated carbocycles. The average Bonchev–Trinajstić information content (AvgIpc) is 2.49. The number of halogens is 3. The Balaban J connectivity index is 2.31. The van der Waals surface area contributed by atoms with Gasteiger partial charge in [-0.3, -0.25) is 9.59 Å². The average molecular weight is 344 g/mol. The lowest BCUT2D eigenvalue weighted by molar-refractivity contribution is -0.138. The zero-order valence-electron chi connectivity index (χ0n) is 13.7. The zero-order chi connectivity index (χ0) is 18.1. The molecule has 2 rings (SSSR count). The Morgan fingerprint density at radius 1 is 1.33 bits per heavy atom. The third-order valence-electron chi connectivity index (χ3n) is 3.68. The van der Waals surface area contributed by atoms with Crippen molar-refractivity contribution in [3.63, 3.8) is 0 Å². The molecule has 132 valence electrons. The van der Waals surface area contributed by atoms with Crippen LogP contribution in [0.15, 0.2) is 18.2 Å². The Morgan fingerprint density at radius 3 is 2.58 bits per heavy atom. The number of carbonyl (C=O) groups excluding carboxylic acids is 2. The van der Waals surface area contributed by atoms with Crippen LogP contribution < -0.4 is 15.0 Å². The maximum absolute atomic E-state index is 12.9. The number of fused-ring (bicyclic) bond motifs is 1. The Bertz CT molecular complexity index is 656. The third-order valence-corrected chi connectivity index (χ3v) is 3.68. The number of benzene rings is 1. The molecule has 0 aliphatic carbocycles. The highest BCUT2D eigenvalue weighted by molar-refractivity contribution is 6.02. The minimum atomic E-state index is -4.50. The van der Waals surface area contributed by atoms with Crippen molar-refractivity contribution in [2.45, 2.75) is 39.0 Å². The second-order valence-corrected chi connectivity index (χ2v) is 5.95. The van der Waals surface area contributed by atoms with Crippen LogP contribution in [-0.2, 0) is 15.8 Å². The topological polar surface area (TPSA) is 58.6 Å². The molecule has 0 unspecified atom stereocenters. The molecular weight excluding hydrogens is 325 g/mol. The molecule has 0 bridgehead atoms. The number of carbonyl (C=O) groups is 2. The second kappa shape index (κ2) is 6.33. The molecule has 0 spiro atoms. The standard InChI is InChI=1S/C16H19F3N2O3/c1-4-13(22)20-7-8-21-11-6-5-10(16(17,18)19)9-12(11)24-15(2,3)14(21)23/h5-6,9H,4,7-8H2,1-3H3,(H,20,22). The van der Waals surface area contributed by atoms with Crippen LogP contribution in [0.5, 0.6) is 5.75 Å². The smallest absolute Gasteiger partial charge is 0.416 e. The van der Waals surface area contributed by atoms with E-state index < -0.39 is 17.3 Å². The summed E-state index contributed by atoms with van der Waals surface area (Å²) < 4.78 is 44.1. The van der Waals surface area contributed by atoms with Crippen LogP contribution in [0.25, 0.3) is 0 Å². The summed E-state index contributed by atoms with van der Waals surface area (Å²) in [6.07, 6.45) is -4.18. The first kappa shape index (κ1) is 18.1. The predicted molar refractivity (Wildman–Crippen MR) is 81.8 cm³/mol. The van der Waals surface area contributed by atoms with Crippen LogP contribution >= 0.6 is 0 Å². The molecular formula is C16H19F3N2O3.